The van der Waals surface area contributed by atoms with Crippen molar-refractivity contribution in [3.63, 3.8) is 0 Å². The van der Waals surface area contributed by atoms with Crippen LogP contribution in [-0.2, 0) is 9.53 Å². The Morgan fingerprint density at radius 2 is 2.29 bits per heavy atom. The van der Waals surface area contributed by atoms with Gasteiger partial charge in [-0.2, -0.15) is 0 Å². The molecule has 3 unspecified atom stereocenters. The number of carbonyl (C=O) groups is 1. The van der Waals surface area contributed by atoms with Gasteiger partial charge in [-0.1, -0.05) is 6.92 Å². The molecule has 1 N–H and O–H groups in total. The minimum absolute atomic E-state index is 0.152. The minimum atomic E-state index is -0.645. The van der Waals surface area contributed by atoms with Crippen molar-refractivity contribution in [3.8, 4) is 0 Å². The number of rotatable bonds is 3. The van der Waals surface area contributed by atoms with E-state index < -0.39 is 5.60 Å². The van der Waals surface area contributed by atoms with Crippen molar-refractivity contribution in [3.05, 3.63) is 0 Å². The molecule has 2 fully saturated rings. The summed E-state index contributed by atoms with van der Waals surface area (Å²) in [4.78, 5) is 14.4. The Hall–Kier alpha value is -0.610. The Balaban J connectivity index is 2.02. The molecule has 0 aliphatic carbocycles. The Morgan fingerprint density at radius 1 is 1.53 bits per heavy atom. The molecular formula is C13H24N2O2. The van der Waals surface area contributed by atoms with Crippen LogP contribution in [0.15, 0.2) is 0 Å². The van der Waals surface area contributed by atoms with Crippen LogP contribution in [0.3, 0.4) is 0 Å². The van der Waals surface area contributed by atoms with E-state index in [1.165, 1.54) is 12.8 Å². The number of piperidine rings is 1. The van der Waals surface area contributed by atoms with Gasteiger partial charge in [-0.3, -0.25) is 4.79 Å². The molecule has 2 aliphatic rings. The number of amides is 1. The first-order valence-corrected chi connectivity index (χ1v) is 6.68. The molecule has 0 aromatic rings. The van der Waals surface area contributed by atoms with Gasteiger partial charge < -0.3 is 15.0 Å². The number of ether oxygens (including phenoxy) is 1. The van der Waals surface area contributed by atoms with Crippen LogP contribution in [0, 0.1) is 5.92 Å². The van der Waals surface area contributed by atoms with Gasteiger partial charge in [0.2, 0.25) is 0 Å². The van der Waals surface area contributed by atoms with Crippen molar-refractivity contribution < 1.29 is 9.53 Å². The van der Waals surface area contributed by atoms with Crippen molar-refractivity contribution in [2.45, 2.75) is 44.8 Å². The van der Waals surface area contributed by atoms with Crippen molar-refractivity contribution in [1.82, 2.24) is 10.2 Å². The molecule has 0 saturated carbocycles. The first kappa shape index (κ1) is 12.8. The van der Waals surface area contributed by atoms with E-state index >= 15 is 0 Å². The normalized spacial score (nSPS) is 32.1. The second kappa shape index (κ2) is 4.94. The highest BCUT2D eigenvalue weighted by atomic mass is 16.5. The van der Waals surface area contributed by atoms with Crippen LogP contribution < -0.4 is 5.32 Å². The molecule has 98 valence electrons. The fraction of sp³-hybridized carbons (Fsp3) is 0.923. The van der Waals surface area contributed by atoms with Crippen molar-refractivity contribution in [2.24, 2.45) is 5.92 Å². The molecule has 2 heterocycles. The predicted octanol–water partition coefficient (Wildman–Crippen LogP) is 1.01. The number of fused-ring (bicyclic) bond motifs is 1. The SMILES string of the molecule is CCC(C)(OC)C(=O)N1CC2CCCNC2C1. The number of nitrogens with one attached hydrogen (secondary N) is 1. The van der Waals surface area contributed by atoms with Gasteiger partial charge in [0, 0.05) is 26.2 Å². The number of likely N-dealkylation sites (tertiary alicyclic amines) is 1. The lowest BCUT2D eigenvalue weighted by molar-refractivity contribution is -0.152. The summed E-state index contributed by atoms with van der Waals surface area (Å²) in [5.74, 6) is 0.796. The third kappa shape index (κ3) is 2.33. The van der Waals surface area contributed by atoms with Crippen molar-refractivity contribution in [1.29, 1.82) is 0 Å². The summed E-state index contributed by atoms with van der Waals surface area (Å²) in [5.41, 5.74) is -0.645. The third-order valence-corrected chi connectivity index (χ3v) is 4.46. The molecule has 4 nitrogen and oxygen atoms in total. The molecule has 1 amide bonds. The fourth-order valence-corrected chi connectivity index (χ4v) is 2.93. The summed E-state index contributed by atoms with van der Waals surface area (Å²) in [6.07, 6.45) is 3.21. The van der Waals surface area contributed by atoms with E-state index in [0.29, 0.717) is 12.0 Å². The predicted molar refractivity (Wildman–Crippen MR) is 66.8 cm³/mol. The van der Waals surface area contributed by atoms with Crippen LogP contribution in [0.25, 0.3) is 0 Å². The van der Waals surface area contributed by atoms with Gasteiger partial charge in [-0.25, -0.2) is 0 Å². The molecule has 0 spiro atoms. The molecule has 0 bridgehead atoms. The number of nitrogens with zero attached hydrogens (tertiary/aromatic N) is 1. The van der Waals surface area contributed by atoms with Crippen LogP contribution in [0.4, 0.5) is 0 Å². The molecule has 2 rings (SSSR count). The average molecular weight is 240 g/mol. The van der Waals surface area contributed by atoms with E-state index in [9.17, 15) is 4.79 Å². The average Bonchev–Trinajstić information content (AvgIpc) is 2.80. The number of hydrogen-bond donors (Lipinski definition) is 1. The molecule has 17 heavy (non-hydrogen) atoms. The Kier molecular flexibility index (Phi) is 3.73. The summed E-state index contributed by atoms with van der Waals surface area (Å²) >= 11 is 0. The van der Waals surface area contributed by atoms with E-state index in [0.717, 1.165) is 26.1 Å². The van der Waals surface area contributed by atoms with Crippen LogP contribution >= 0.6 is 0 Å². The van der Waals surface area contributed by atoms with Gasteiger partial charge in [-0.05, 0) is 38.6 Å². The summed E-state index contributed by atoms with van der Waals surface area (Å²) in [5, 5.41) is 3.52. The smallest absolute Gasteiger partial charge is 0.254 e. The molecule has 4 heteroatoms. The summed E-state index contributed by atoms with van der Waals surface area (Å²) in [6, 6.07) is 0.505. The second-order valence-electron chi connectivity index (χ2n) is 5.46. The molecule has 0 aromatic carbocycles. The zero-order valence-electron chi connectivity index (χ0n) is 11.2. The second-order valence-corrected chi connectivity index (χ2v) is 5.46. The largest absolute Gasteiger partial charge is 0.369 e. The van der Waals surface area contributed by atoms with Crippen LogP contribution in [0.5, 0.6) is 0 Å². The van der Waals surface area contributed by atoms with Crippen LogP contribution in [0.2, 0.25) is 0 Å². The number of hydrogen-bond acceptors (Lipinski definition) is 3. The zero-order chi connectivity index (χ0) is 12.5. The van der Waals surface area contributed by atoms with Crippen LogP contribution in [0.1, 0.15) is 33.1 Å². The highest BCUT2D eigenvalue weighted by Gasteiger charge is 2.42. The first-order valence-electron chi connectivity index (χ1n) is 6.68. The van der Waals surface area contributed by atoms with Gasteiger partial charge in [0.25, 0.3) is 5.91 Å². The Morgan fingerprint density at radius 3 is 2.88 bits per heavy atom. The highest BCUT2D eigenvalue weighted by molar-refractivity contribution is 5.85. The lowest BCUT2D eigenvalue weighted by Gasteiger charge is -2.30. The zero-order valence-corrected chi connectivity index (χ0v) is 11.2. The Bertz CT molecular complexity index is 275. The summed E-state index contributed by atoms with van der Waals surface area (Å²) in [6.45, 7) is 6.74. The summed E-state index contributed by atoms with van der Waals surface area (Å²) < 4.78 is 5.40. The maximum Gasteiger partial charge on any atom is 0.254 e. The van der Waals surface area contributed by atoms with E-state index in [1.54, 1.807) is 7.11 Å². The lowest BCUT2D eigenvalue weighted by Crippen LogP contribution is -2.48. The lowest BCUT2D eigenvalue weighted by atomic mass is 9.94. The molecule has 0 radical (unpaired) electrons. The van der Waals surface area contributed by atoms with Crippen LogP contribution in [-0.4, -0.2) is 49.2 Å². The topological polar surface area (TPSA) is 41.6 Å². The quantitative estimate of drug-likeness (QED) is 0.800. The molecule has 2 aliphatic heterocycles. The van der Waals surface area contributed by atoms with E-state index in [1.807, 2.05) is 18.7 Å². The van der Waals surface area contributed by atoms with Crippen molar-refractivity contribution in [2.75, 3.05) is 26.7 Å². The van der Waals surface area contributed by atoms with E-state index in [4.69, 9.17) is 4.74 Å². The van der Waals surface area contributed by atoms with E-state index in [-0.39, 0.29) is 5.91 Å². The standard InChI is InChI=1S/C13H24N2O2/c1-4-13(2,17-3)12(16)15-8-10-6-5-7-14-11(10)9-15/h10-11,14H,4-9H2,1-3H3. The third-order valence-electron chi connectivity index (χ3n) is 4.46. The van der Waals surface area contributed by atoms with Gasteiger partial charge in [-0.15, -0.1) is 0 Å². The number of methoxy groups -OCH3 is 1. The van der Waals surface area contributed by atoms with Crippen molar-refractivity contribution >= 4 is 5.91 Å². The Labute approximate surface area is 104 Å². The maximum absolute atomic E-state index is 12.4. The highest BCUT2D eigenvalue weighted by Crippen LogP contribution is 2.28. The minimum Gasteiger partial charge on any atom is -0.369 e. The molecule has 3 atom stereocenters. The first-order chi connectivity index (χ1) is 8.10. The van der Waals surface area contributed by atoms with E-state index in [2.05, 4.69) is 5.32 Å². The van der Waals surface area contributed by atoms with Gasteiger partial charge >= 0.3 is 0 Å². The number of carbonyl (C=O) groups excluding carboxylic acids is 1. The molecular weight excluding hydrogens is 216 g/mol. The fourth-order valence-electron chi connectivity index (χ4n) is 2.93. The maximum atomic E-state index is 12.4. The van der Waals surface area contributed by atoms with Gasteiger partial charge in [0.15, 0.2) is 0 Å². The summed E-state index contributed by atoms with van der Waals surface area (Å²) in [7, 11) is 1.63. The van der Waals surface area contributed by atoms with Gasteiger partial charge in [0.05, 0.1) is 0 Å². The molecule has 0 aromatic heterocycles. The van der Waals surface area contributed by atoms with Gasteiger partial charge in [0.1, 0.15) is 5.60 Å². The molecule has 2 saturated heterocycles. The monoisotopic (exact) mass is 240 g/mol.